The van der Waals surface area contributed by atoms with Gasteiger partial charge in [0.2, 0.25) is 0 Å². The summed E-state index contributed by atoms with van der Waals surface area (Å²) in [4.78, 5) is 17.3. The number of hydrogen-bond donors (Lipinski definition) is 0. The Balaban J connectivity index is 1.53. The summed E-state index contributed by atoms with van der Waals surface area (Å²) in [5.41, 5.74) is 5.72. The summed E-state index contributed by atoms with van der Waals surface area (Å²) in [5, 5.41) is 0.924. The summed E-state index contributed by atoms with van der Waals surface area (Å²) in [6.07, 6.45) is 3.47. The molecular formula is C20H20N2OS. The van der Waals surface area contributed by atoms with Crippen molar-refractivity contribution in [1.82, 2.24) is 9.55 Å². The second-order valence-electron chi connectivity index (χ2n) is 6.18. The fourth-order valence-corrected chi connectivity index (χ4v) is 4.40. The van der Waals surface area contributed by atoms with Crippen LogP contribution in [0.1, 0.15) is 34.8 Å². The number of thioether (sulfide) groups is 1. The summed E-state index contributed by atoms with van der Waals surface area (Å²) in [6, 6.07) is 14.3. The van der Waals surface area contributed by atoms with Gasteiger partial charge in [-0.1, -0.05) is 36.0 Å². The van der Waals surface area contributed by atoms with Crippen molar-refractivity contribution >= 4 is 28.6 Å². The number of aromatic nitrogens is 2. The zero-order chi connectivity index (χ0) is 16.5. The first-order valence-electron chi connectivity index (χ1n) is 8.49. The summed E-state index contributed by atoms with van der Waals surface area (Å²) in [7, 11) is 0. The van der Waals surface area contributed by atoms with E-state index in [0.717, 1.165) is 41.1 Å². The molecule has 0 spiro atoms. The quantitative estimate of drug-likeness (QED) is 0.507. The molecule has 0 saturated carbocycles. The third-order valence-corrected chi connectivity index (χ3v) is 5.66. The zero-order valence-corrected chi connectivity index (χ0v) is 14.6. The molecule has 3 nitrogen and oxygen atoms in total. The predicted octanol–water partition coefficient (Wildman–Crippen LogP) is 4.52. The molecule has 0 N–H and O–H groups in total. The summed E-state index contributed by atoms with van der Waals surface area (Å²) < 4.78 is 2.18. The van der Waals surface area contributed by atoms with E-state index in [2.05, 4.69) is 34.7 Å². The van der Waals surface area contributed by atoms with Crippen LogP contribution in [-0.4, -0.2) is 21.1 Å². The third kappa shape index (κ3) is 2.75. The third-order valence-electron chi connectivity index (χ3n) is 4.69. The number of Topliss-reactive ketones (excluding diaryl/α,β-unsaturated/α-hetero) is 1. The van der Waals surface area contributed by atoms with Gasteiger partial charge in [0.05, 0.1) is 16.8 Å². The summed E-state index contributed by atoms with van der Waals surface area (Å²) in [6.45, 7) is 2.97. The maximum atomic E-state index is 12.6. The molecule has 122 valence electrons. The maximum Gasteiger partial charge on any atom is 0.173 e. The van der Waals surface area contributed by atoms with Gasteiger partial charge in [-0.25, -0.2) is 4.98 Å². The Labute approximate surface area is 146 Å². The number of ketones is 1. The molecular weight excluding hydrogens is 316 g/mol. The van der Waals surface area contributed by atoms with Crippen LogP contribution in [0.3, 0.4) is 0 Å². The number of hydrogen-bond acceptors (Lipinski definition) is 3. The highest BCUT2D eigenvalue weighted by Gasteiger charge is 2.16. The minimum Gasteiger partial charge on any atom is -0.319 e. The molecule has 2 aromatic carbocycles. The van der Waals surface area contributed by atoms with Gasteiger partial charge >= 0.3 is 0 Å². The van der Waals surface area contributed by atoms with E-state index in [1.54, 1.807) is 0 Å². The van der Waals surface area contributed by atoms with E-state index < -0.39 is 0 Å². The van der Waals surface area contributed by atoms with Gasteiger partial charge in [0.15, 0.2) is 10.9 Å². The minimum atomic E-state index is 0.185. The van der Waals surface area contributed by atoms with Crippen molar-refractivity contribution in [3.05, 3.63) is 59.2 Å². The fraction of sp³-hybridized carbons (Fsp3) is 0.300. The number of para-hydroxylation sites is 2. The Hall–Kier alpha value is -2.07. The van der Waals surface area contributed by atoms with Gasteiger partial charge in [0, 0.05) is 12.1 Å². The van der Waals surface area contributed by atoms with Gasteiger partial charge in [-0.3, -0.25) is 4.79 Å². The van der Waals surface area contributed by atoms with Crippen LogP contribution in [0.4, 0.5) is 0 Å². The Morgan fingerprint density at radius 1 is 1.17 bits per heavy atom. The summed E-state index contributed by atoms with van der Waals surface area (Å²) in [5.74, 6) is 0.617. The number of rotatable bonds is 5. The van der Waals surface area contributed by atoms with Crippen LogP contribution in [-0.2, 0) is 19.4 Å². The maximum absolute atomic E-state index is 12.6. The van der Waals surface area contributed by atoms with Crippen LogP contribution < -0.4 is 0 Å². The first kappa shape index (κ1) is 15.5. The van der Waals surface area contributed by atoms with Crippen LogP contribution >= 0.6 is 11.8 Å². The average molecular weight is 336 g/mol. The Kier molecular flexibility index (Phi) is 4.15. The van der Waals surface area contributed by atoms with Crippen molar-refractivity contribution < 1.29 is 4.79 Å². The van der Waals surface area contributed by atoms with Crippen molar-refractivity contribution in [2.45, 2.75) is 37.9 Å². The van der Waals surface area contributed by atoms with Gasteiger partial charge in [0.1, 0.15) is 0 Å². The molecule has 3 aromatic rings. The predicted molar refractivity (Wildman–Crippen MR) is 98.9 cm³/mol. The van der Waals surface area contributed by atoms with E-state index >= 15 is 0 Å². The van der Waals surface area contributed by atoms with Crippen molar-refractivity contribution in [3.8, 4) is 0 Å². The molecule has 1 aliphatic rings. The van der Waals surface area contributed by atoms with Gasteiger partial charge in [-0.05, 0) is 55.5 Å². The lowest BCUT2D eigenvalue weighted by Gasteiger charge is -2.06. The van der Waals surface area contributed by atoms with Crippen LogP contribution in [0.15, 0.2) is 47.6 Å². The molecule has 1 heterocycles. The molecule has 0 unspecified atom stereocenters. The molecule has 1 aliphatic carbocycles. The molecule has 0 amide bonds. The molecule has 0 radical (unpaired) electrons. The van der Waals surface area contributed by atoms with Crippen LogP contribution in [0, 0.1) is 0 Å². The lowest BCUT2D eigenvalue weighted by Crippen LogP contribution is -2.05. The van der Waals surface area contributed by atoms with Gasteiger partial charge < -0.3 is 4.57 Å². The fourth-order valence-electron chi connectivity index (χ4n) is 3.43. The standard InChI is InChI=1S/C20H20N2OS/c1-2-22-18-9-4-3-8-17(18)21-20(22)24-13-19(23)16-11-10-14-6-5-7-15(14)12-16/h3-4,8-12H,2,5-7,13H2,1H3. The second-order valence-corrected chi connectivity index (χ2v) is 7.12. The number of nitrogens with zero attached hydrogens (tertiary/aromatic N) is 2. The highest BCUT2D eigenvalue weighted by Crippen LogP contribution is 2.26. The molecule has 4 rings (SSSR count). The smallest absolute Gasteiger partial charge is 0.173 e. The number of carbonyl (C=O) groups is 1. The van der Waals surface area contributed by atoms with E-state index in [9.17, 15) is 4.79 Å². The Morgan fingerprint density at radius 3 is 2.88 bits per heavy atom. The number of fused-ring (bicyclic) bond motifs is 2. The molecule has 0 bridgehead atoms. The molecule has 0 aliphatic heterocycles. The summed E-state index contributed by atoms with van der Waals surface area (Å²) >= 11 is 1.54. The van der Waals surface area contributed by atoms with Crippen molar-refractivity contribution in [2.75, 3.05) is 5.75 Å². The lowest BCUT2D eigenvalue weighted by molar-refractivity contribution is 0.102. The van der Waals surface area contributed by atoms with Crippen molar-refractivity contribution in [1.29, 1.82) is 0 Å². The van der Waals surface area contributed by atoms with E-state index in [-0.39, 0.29) is 5.78 Å². The zero-order valence-electron chi connectivity index (χ0n) is 13.8. The first-order valence-corrected chi connectivity index (χ1v) is 9.48. The van der Waals surface area contributed by atoms with E-state index in [0.29, 0.717) is 5.75 Å². The van der Waals surface area contributed by atoms with E-state index in [1.807, 2.05) is 24.3 Å². The SMILES string of the molecule is CCn1c(SCC(=O)c2ccc3c(c2)CCC3)nc2ccccc21. The minimum absolute atomic E-state index is 0.185. The van der Waals surface area contributed by atoms with E-state index in [4.69, 9.17) is 0 Å². The number of aryl methyl sites for hydroxylation is 3. The number of carbonyl (C=O) groups excluding carboxylic acids is 1. The van der Waals surface area contributed by atoms with Gasteiger partial charge in [-0.15, -0.1) is 0 Å². The second kappa shape index (κ2) is 6.44. The van der Waals surface area contributed by atoms with Gasteiger partial charge in [-0.2, -0.15) is 0 Å². The van der Waals surface area contributed by atoms with Crippen molar-refractivity contribution in [2.24, 2.45) is 0 Å². The largest absolute Gasteiger partial charge is 0.319 e. The molecule has 1 aromatic heterocycles. The Morgan fingerprint density at radius 2 is 2.00 bits per heavy atom. The lowest BCUT2D eigenvalue weighted by atomic mass is 10.0. The normalized spacial score (nSPS) is 13.4. The molecule has 4 heteroatoms. The van der Waals surface area contributed by atoms with E-state index in [1.165, 1.54) is 29.3 Å². The van der Waals surface area contributed by atoms with Crippen LogP contribution in [0.2, 0.25) is 0 Å². The topological polar surface area (TPSA) is 34.9 Å². The van der Waals surface area contributed by atoms with Crippen LogP contribution in [0.5, 0.6) is 0 Å². The monoisotopic (exact) mass is 336 g/mol. The highest BCUT2D eigenvalue weighted by molar-refractivity contribution is 7.99. The molecule has 0 atom stereocenters. The molecule has 0 saturated heterocycles. The highest BCUT2D eigenvalue weighted by atomic mass is 32.2. The molecule has 24 heavy (non-hydrogen) atoms. The number of benzene rings is 2. The van der Waals surface area contributed by atoms with Crippen LogP contribution in [0.25, 0.3) is 11.0 Å². The number of imidazole rings is 1. The Bertz CT molecular complexity index is 913. The first-order chi connectivity index (χ1) is 11.8. The molecule has 0 fully saturated rings. The van der Waals surface area contributed by atoms with Gasteiger partial charge in [0.25, 0.3) is 0 Å². The van der Waals surface area contributed by atoms with Crippen molar-refractivity contribution in [3.63, 3.8) is 0 Å². The average Bonchev–Trinajstić information content (AvgIpc) is 3.22.